The highest BCUT2D eigenvalue weighted by Gasteiger charge is 2.34. The topological polar surface area (TPSA) is 26.0 Å². The van der Waals surface area contributed by atoms with E-state index in [1.54, 1.807) is 0 Å². The standard InChI is InChI=1S/C4H2F3NO/c5-4(6,7)3-1-2-8-9-3/h1-2H. The van der Waals surface area contributed by atoms with E-state index in [0.29, 0.717) is 0 Å². The van der Waals surface area contributed by atoms with Crippen molar-refractivity contribution in [2.75, 3.05) is 0 Å². The zero-order valence-corrected chi connectivity index (χ0v) is 4.14. The first-order chi connectivity index (χ1) is 4.11. The summed E-state index contributed by atoms with van der Waals surface area (Å²) in [6.45, 7) is 0. The molecular formula is C4H2F3NO. The van der Waals surface area contributed by atoms with Crippen molar-refractivity contribution in [3.05, 3.63) is 18.0 Å². The summed E-state index contributed by atoms with van der Waals surface area (Å²) in [4.78, 5) is 0. The Hall–Kier alpha value is -1.00. The Kier molecular flexibility index (Phi) is 1.19. The molecule has 1 rings (SSSR count). The largest absolute Gasteiger partial charge is 0.452 e. The lowest BCUT2D eigenvalue weighted by Crippen LogP contribution is -2.01. The van der Waals surface area contributed by atoms with Crippen LogP contribution in [-0.4, -0.2) is 5.16 Å². The molecule has 0 bridgehead atoms. The van der Waals surface area contributed by atoms with Crippen molar-refractivity contribution in [2.45, 2.75) is 6.18 Å². The quantitative estimate of drug-likeness (QED) is 0.543. The number of halogens is 3. The molecule has 0 amide bonds. The second-order valence-corrected chi connectivity index (χ2v) is 1.37. The number of hydrogen-bond acceptors (Lipinski definition) is 2. The molecule has 0 saturated heterocycles. The summed E-state index contributed by atoms with van der Waals surface area (Å²) >= 11 is 0. The smallest absolute Gasteiger partial charge is 0.352 e. The molecule has 0 aromatic carbocycles. The molecule has 5 heteroatoms. The van der Waals surface area contributed by atoms with Gasteiger partial charge >= 0.3 is 6.18 Å². The second-order valence-electron chi connectivity index (χ2n) is 1.37. The van der Waals surface area contributed by atoms with Gasteiger partial charge in [0.15, 0.2) is 0 Å². The molecule has 0 aliphatic carbocycles. The summed E-state index contributed by atoms with van der Waals surface area (Å²) in [5.41, 5.74) is 0. The van der Waals surface area contributed by atoms with Gasteiger partial charge in [0.1, 0.15) is 0 Å². The lowest BCUT2D eigenvalue weighted by atomic mass is 10.5. The van der Waals surface area contributed by atoms with Gasteiger partial charge in [-0.25, -0.2) is 0 Å². The third kappa shape index (κ3) is 1.22. The maximum absolute atomic E-state index is 11.5. The van der Waals surface area contributed by atoms with Gasteiger partial charge in [0.05, 0.1) is 6.20 Å². The maximum atomic E-state index is 11.5. The summed E-state index contributed by atoms with van der Waals surface area (Å²) in [7, 11) is 0. The molecular weight excluding hydrogens is 135 g/mol. The van der Waals surface area contributed by atoms with Gasteiger partial charge in [0, 0.05) is 6.07 Å². The highest BCUT2D eigenvalue weighted by molar-refractivity contribution is 4.96. The Bertz CT molecular complexity index is 178. The van der Waals surface area contributed by atoms with Crippen molar-refractivity contribution in [2.24, 2.45) is 0 Å². The Labute approximate surface area is 48.3 Å². The van der Waals surface area contributed by atoms with Crippen LogP contribution in [0.5, 0.6) is 0 Å². The monoisotopic (exact) mass is 137 g/mol. The van der Waals surface area contributed by atoms with Crippen LogP contribution in [0.25, 0.3) is 0 Å². The van der Waals surface area contributed by atoms with E-state index in [1.807, 2.05) is 0 Å². The Morgan fingerprint density at radius 2 is 2.11 bits per heavy atom. The van der Waals surface area contributed by atoms with Crippen LogP contribution in [0.1, 0.15) is 5.76 Å². The van der Waals surface area contributed by atoms with Crippen LogP contribution < -0.4 is 0 Å². The predicted octanol–water partition coefficient (Wildman–Crippen LogP) is 1.69. The first kappa shape index (κ1) is 6.12. The fourth-order valence-corrected chi connectivity index (χ4v) is 0.362. The van der Waals surface area contributed by atoms with E-state index in [2.05, 4.69) is 9.68 Å². The summed E-state index contributed by atoms with van der Waals surface area (Å²) in [5, 5.41) is 2.89. The second kappa shape index (κ2) is 1.75. The average molecular weight is 137 g/mol. The van der Waals surface area contributed by atoms with Crippen LogP contribution in [0.3, 0.4) is 0 Å². The maximum Gasteiger partial charge on any atom is 0.452 e. The first-order valence-electron chi connectivity index (χ1n) is 2.08. The predicted molar refractivity (Wildman–Crippen MR) is 21.5 cm³/mol. The summed E-state index contributed by atoms with van der Waals surface area (Å²) in [6.07, 6.45) is -3.46. The minimum Gasteiger partial charge on any atom is -0.352 e. The Morgan fingerprint density at radius 1 is 1.44 bits per heavy atom. The molecule has 1 heterocycles. The number of aromatic nitrogens is 1. The van der Waals surface area contributed by atoms with E-state index in [0.717, 1.165) is 12.3 Å². The highest BCUT2D eigenvalue weighted by atomic mass is 19.4. The van der Waals surface area contributed by atoms with Gasteiger partial charge in [-0.3, -0.25) is 0 Å². The molecule has 1 aromatic heterocycles. The number of alkyl halides is 3. The minimum atomic E-state index is -4.41. The summed E-state index contributed by atoms with van der Waals surface area (Å²) in [5.74, 6) is -1.07. The SMILES string of the molecule is FC(F)(F)c1ccno1. The number of rotatable bonds is 0. The fraction of sp³-hybridized carbons (Fsp3) is 0.250. The molecule has 1 aromatic rings. The molecule has 0 radical (unpaired) electrons. The molecule has 0 saturated carbocycles. The number of nitrogens with zero attached hydrogens (tertiary/aromatic N) is 1. The molecule has 0 fully saturated rings. The van der Waals surface area contributed by atoms with E-state index >= 15 is 0 Å². The molecule has 50 valence electrons. The zero-order chi connectivity index (χ0) is 6.91. The van der Waals surface area contributed by atoms with Crippen LogP contribution >= 0.6 is 0 Å². The van der Waals surface area contributed by atoms with Crippen LogP contribution in [-0.2, 0) is 6.18 Å². The van der Waals surface area contributed by atoms with Gasteiger partial charge in [-0.2, -0.15) is 13.2 Å². The molecule has 0 atom stereocenters. The van der Waals surface area contributed by atoms with E-state index in [1.165, 1.54) is 0 Å². The van der Waals surface area contributed by atoms with Gasteiger partial charge in [0.2, 0.25) is 5.76 Å². The van der Waals surface area contributed by atoms with Gasteiger partial charge < -0.3 is 4.52 Å². The van der Waals surface area contributed by atoms with Crippen LogP contribution in [0.15, 0.2) is 16.8 Å². The van der Waals surface area contributed by atoms with Crippen molar-refractivity contribution < 1.29 is 17.7 Å². The Balaban J connectivity index is 2.90. The average Bonchev–Trinajstić information content (AvgIpc) is 2.08. The summed E-state index contributed by atoms with van der Waals surface area (Å²) in [6, 6.07) is 0.764. The van der Waals surface area contributed by atoms with E-state index in [4.69, 9.17) is 0 Å². The summed E-state index contributed by atoms with van der Waals surface area (Å²) < 4.78 is 38.3. The van der Waals surface area contributed by atoms with Gasteiger partial charge in [-0.15, -0.1) is 0 Å². The van der Waals surface area contributed by atoms with Crippen molar-refractivity contribution in [3.63, 3.8) is 0 Å². The fourth-order valence-electron chi connectivity index (χ4n) is 0.362. The molecule has 9 heavy (non-hydrogen) atoms. The van der Waals surface area contributed by atoms with Crippen LogP contribution in [0, 0.1) is 0 Å². The van der Waals surface area contributed by atoms with E-state index < -0.39 is 11.9 Å². The zero-order valence-electron chi connectivity index (χ0n) is 4.14. The van der Waals surface area contributed by atoms with E-state index in [-0.39, 0.29) is 0 Å². The molecule has 2 nitrogen and oxygen atoms in total. The van der Waals surface area contributed by atoms with Crippen molar-refractivity contribution in [3.8, 4) is 0 Å². The molecule has 0 aliphatic rings. The molecule has 0 unspecified atom stereocenters. The highest BCUT2D eigenvalue weighted by Crippen LogP contribution is 2.28. The molecule has 0 aliphatic heterocycles. The lowest BCUT2D eigenvalue weighted by Gasteiger charge is -1.96. The van der Waals surface area contributed by atoms with E-state index in [9.17, 15) is 13.2 Å². The minimum absolute atomic E-state index is 0.764. The first-order valence-corrected chi connectivity index (χ1v) is 2.08. The number of hydrogen-bond donors (Lipinski definition) is 0. The Morgan fingerprint density at radius 3 is 2.33 bits per heavy atom. The third-order valence-corrected chi connectivity index (χ3v) is 0.717. The molecule has 0 N–H and O–H groups in total. The van der Waals surface area contributed by atoms with Crippen molar-refractivity contribution in [1.82, 2.24) is 5.16 Å². The normalized spacial score (nSPS) is 11.9. The van der Waals surface area contributed by atoms with Gasteiger partial charge in [-0.1, -0.05) is 5.16 Å². The molecule has 0 spiro atoms. The van der Waals surface area contributed by atoms with Gasteiger partial charge in [0.25, 0.3) is 0 Å². The van der Waals surface area contributed by atoms with Gasteiger partial charge in [-0.05, 0) is 0 Å². The lowest BCUT2D eigenvalue weighted by molar-refractivity contribution is -0.155. The van der Waals surface area contributed by atoms with Crippen LogP contribution in [0.4, 0.5) is 13.2 Å². The van der Waals surface area contributed by atoms with Crippen molar-refractivity contribution in [1.29, 1.82) is 0 Å². The third-order valence-electron chi connectivity index (χ3n) is 0.717. The van der Waals surface area contributed by atoms with Crippen LogP contribution in [0.2, 0.25) is 0 Å². The van der Waals surface area contributed by atoms with Crippen molar-refractivity contribution >= 4 is 0 Å².